The zero-order chi connectivity index (χ0) is 14.7. The van der Waals surface area contributed by atoms with Crippen molar-refractivity contribution in [1.29, 1.82) is 0 Å². The number of nitrogens with one attached hydrogen (secondary N) is 1. The van der Waals surface area contributed by atoms with E-state index in [1.807, 2.05) is 12.3 Å². The number of pyridine rings is 1. The lowest BCUT2D eigenvalue weighted by atomic mass is 10.2. The summed E-state index contributed by atoms with van der Waals surface area (Å²) in [6.45, 7) is 7.24. The van der Waals surface area contributed by atoms with Crippen molar-refractivity contribution in [1.82, 2.24) is 15.3 Å². The van der Waals surface area contributed by atoms with Crippen molar-refractivity contribution in [3.8, 4) is 0 Å². The molecule has 0 aromatic carbocycles. The van der Waals surface area contributed by atoms with Crippen LogP contribution in [0.3, 0.4) is 0 Å². The summed E-state index contributed by atoms with van der Waals surface area (Å²) >= 11 is 8.79. The molecule has 20 heavy (non-hydrogen) atoms. The average Bonchev–Trinajstić information content (AvgIpc) is 2.78. The van der Waals surface area contributed by atoms with Crippen molar-refractivity contribution in [2.45, 2.75) is 33.2 Å². The summed E-state index contributed by atoms with van der Waals surface area (Å²) < 4.78 is 1.96. The lowest BCUT2D eigenvalue weighted by Crippen LogP contribution is -2.23. The van der Waals surface area contributed by atoms with Crippen LogP contribution >= 0.6 is 43.2 Å². The van der Waals surface area contributed by atoms with Gasteiger partial charge in [0.15, 0.2) is 0 Å². The molecular formula is C14H17Br2N3S. The third-order valence-corrected chi connectivity index (χ3v) is 5.16. The molecule has 1 N–H and O–H groups in total. The van der Waals surface area contributed by atoms with Crippen molar-refractivity contribution >= 4 is 43.2 Å². The van der Waals surface area contributed by atoms with Gasteiger partial charge in [0, 0.05) is 20.0 Å². The molecular weight excluding hydrogens is 402 g/mol. The Morgan fingerprint density at radius 2 is 2.10 bits per heavy atom. The fourth-order valence-electron chi connectivity index (χ4n) is 2.04. The zero-order valence-electron chi connectivity index (χ0n) is 11.7. The molecule has 0 saturated carbocycles. The molecule has 2 aromatic rings. The molecule has 108 valence electrons. The van der Waals surface area contributed by atoms with Crippen LogP contribution in [-0.4, -0.2) is 16.5 Å². The van der Waals surface area contributed by atoms with Gasteiger partial charge in [0.25, 0.3) is 0 Å². The van der Waals surface area contributed by atoms with E-state index in [0.29, 0.717) is 0 Å². The Balaban J connectivity index is 2.44. The number of aryl methyl sites for hydroxylation is 2. The number of hydrogen-bond donors (Lipinski definition) is 1. The fraction of sp³-hybridized carbons (Fsp3) is 0.429. The van der Waals surface area contributed by atoms with Gasteiger partial charge in [-0.3, -0.25) is 4.98 Å². The highest BCUT2D eigenvalue weighted by atomic mass is 79.9. The van der Waals surface area contributed by atoms with E-state index >= 15 is 0 Å². The Morgan fingerprint density at radius 3 is 2.65 bits per heavy atom. The van der Waals surface area contributed by atoms with Crippen molar-refractivity contribution < 1.29 is 0 Å². The maximum Gasteiger partial charge on any atom is 0.116 e. The third-order valence-electron chi connectivity index (χ3n) is 3.01. The van der Waals surface area contributed by atoms with Gasteiger partial charge in [-0.2, -0.15) is 0 Å². The molecule has 0 radical (unpaired) electrons. The van der Waals surface area contributed by atoms with E-state index in [1.165, 1.54) is 10.6 Å². The molecule has 0 aliphatic carbocycles. The van der Waals surface area contributed by atoms with Crippen molar-refractivity contribution in [3.05, 3.63) is 42.5 Å². The summed E-state index contributed by atoms with van der Waals surface area (Å²) in [5, 5.41) is 4.56. The van der Waals surface area contributed by atoms with E-state index in [-0.39, 0.29) is 6.04 Å². The number of thiazole rings is 1. The predicted octanol–water partition coefficient (Wildman–Crippen LogP) is 4.63. The highest BCUT2D eigenvalue weighted by Crippen LogP contribution is 2.32. The van der Waals surface area contributed by atoms with Gasteiger partial charge in [0.1, 0.15) is 11.0 Å². The minimum absolute atomic E-state index is 0.0338. The number of hydrogen-bond acceptors (Lipinski definition) is 4. The second-order valence-corrected chi connectivity index (χ2v) is 7.42. The number of nitrogens with zero attached hydrogens (tertiary/aromatic N) is 2. The molecule has 6 heteroatoms. The summed E-state index contributed by atoms with van der Waals surface area (Å²) in [5.41, 5.74) is 2.16. The lowest BCUT2D eigenvalue weighted by Gasteiger charge is -2.16. The first kappa shape index (κ1) is 16.1. The highest BCUT2D eigenvalue weighted by Gasteiger charge is 2.22. The van der Waals surface area contributed by atoms with Crippen molar-refractivity contribution in [2.24, 2.45) is 0 Å². The van der Waals surface area contributed by atoms with Crippen LogP contribution in [0.2, 0.25) is 0 Å². The second-order valence-electron chi connectivity index (χ2n) is 4.42. The molecule has 3 nitrogen and oxygen atoms in total. The van der Waals surface area contributed by atoms with Gasteiger partial charge < -0.3 is 5.32 Å². The quantitative estimate of drug-likeness (QED) is 0.768. The first-order valence-corrected chi connectivity index (χ1v) is 8.97. The van der Waals surface area contributed by atoms with Gasteiger partial charge in [0.05, 0.1) is 11.4 Å². The molecule has 1 atom stereocenters. The summed E-state index contributed by atoms with van der Waals surface area (Å²) in [4.78, 5) is 10.6. The molecule has 0 amide bonds. The summed E-state index contributed by atoms with van der Waals surface area (Å²) in [6.07, 6.45) is 2.79. The van der Waals surface area contributed by atoms with Crippen LogP contribution in [0.5, 0.6) is 0 Å². The standard InChI is InChI=1S/C14H17Br2N3S/c1-4-11-8(3)20-14(19-11)13(17-5-2)12-10(16)6-9(15)7-18-12/h6-7,13,17H,4-5H2,1-3H3. The van der Waals surface area contributed by atoms with Gasteiger partial charge in [-0.05, 0) is 57.8 Å². The summed E-state index contributed by atoms with van der Waals surface area (Å²) in [7, 11) is 0. The van der Waals surface area contributed by atoms with E-state index < -0.39 is 0 Å². The van der Waals surface area contributed by atoms with Gasteiger partial charge in [-0.1, -0.05) is 13.8 Å². The van der Waals surface area contributed by atoms with Crippen molar-refractivity contribution in [2.75, 3.05) is 6.54 Å². The number of halogens is 2. The monoisotopic (exact) mass is 417 g/mol. The molecule has 1 unspecified atom stereocenters. The largest absolute Gasteiger partial charge is 0.303 e. The van der Waals surface area contributed by atoms with Crippen LogP contribution in [0, 0.1) is 6.92 Å². The lowest BCUT2D eigenvalue weighted by molar-refractivity contribution is 0.608. The summed E-state index contributed by atoms with van der Waals surface area (Å²) in [6, 6.07) is 2.06. The Kier molecular flexibility index (Phi) is 5.72. The highest BCUT2D eigenvalue weighted by molar-refractivity contribution is 9.11. The normalized spacial score (nSPS) is 12.7. The van der Waals surface area contributed by atoms with E-state index in [2.05, 4.69) is 62.9 Å². The second kappa shape index (κ2) is 7.11. The van der Waals surface area contributed by atoms with Crippen LogP contribution in [0.1, 0.15) is 41.2 Å². The van der Waals surface area contributed by atoms with E-state index in [1.54, 1.807) is 11.3 Å². The number of aromatic nitrogens is 2. The molecule has 0 aliphatic heterocycles. The van der Waals surface area contributed by atoms with Crippen molar-refractivity contribution in [3.63, 3.8) is 0 Å². The van der Waals surface area contributed by atoms with Crippen LogP contribution in [0.25, 0.3) is 0 Å². The van der Waals surface area contributed by atoms with Crippen LogP contribution in [-0.2, 0) is 6.42 Å². The third kappa shape index (κ3) is 3.47. The van der Waals surface area contributed by atoms with E-state index in [9.17, 15) is 0 Å². The number of rotatable bonds is 5. The maximum atomic E-state index is 4.77. The van der Waals surface area contributed by atoms with Crippen LogP contribution in [0.15, 0.2) is 21.2 Å². The van der Waals surface area contributed by atoms with Gasteiger partial charge in [-0.25, -0.2) is 4.98 Å². The van der Waals surface area contributed by atoms with Crippen LogP contribution in [0.4, 0.5) is 0 Å². The van der Waals surface area contributed by atoms with Crippen LogP contribution < -0.4 is 5.32 Å². The maximum absolute atomic E-state index is 4.77. The first-order chi connectivity index (χ1) is 9.56. The molecule has 2 aromatic heterocycles. The topological polar surface area (TPSA) is 37.8 Å². The predicted molar refractivity (Wildman–Crippen MR) is 91.4 cm³/mol. The fourth-order valence-corrected chi connectivity index (χ4v) is 4.35. The van der Waals surface area contributed by atoms with Gasteiger partial charge in [0.2, 0.25) is 0 Å². The Labute approximate surface area is 140 Å². The smallest absolute Gasteiger partial charge is 0.116 e. The summed E-state index contributed by atoms with van der Waals surface area (Å²) in [5.74, 6) is 0. The molecule has 0 bridgehead atoms. The molecule has 2 heterocycles. The minimum Gasteiger partial charge on any atom is -0.303 e. The zero-order valence-corrected chi connectivity index (χ0v) is 15.7. The van der Waals surface area contributed by atoms with Gasteiger partial charge in [-0.15, -0.1) is 11.3 Å². The molecule has 0 aliphatic rings. The molecule has 2 rings (SSSR count). The van der Waals surface area contributed by atoms with E-state index in [4.69, 9.17) is 4.98 Å². The average molecular weight is 419 g/mol. The SMILES string of the molecule is CCNC(c1nc(CC)c(C)s1)c1ncc(Br)cc1Br. The molecule has 0 spiro atoms. The molecule has 0 saturated heterocycles. The minimum atomic E-state index is 0.0338. The Morgan fingerprint density at radius 1 is 1.35 bits per heavy atom. The Bertz CT molecular complexity index is 598. The first-order valence-electron chi connectivity index (χ1n) is 6.57. The van der Waals surface area contributed by atoms with Gasteiger partial charge >= 0.3 is 0 Å². The molecule has 0 fully saturated rings. The Hall–Kier alpha value is -0.300. The van der Waals surface area contributed by atoms with E-state index in [0.717, 1.165) is 32.6 Å².